The average Bonchev–Trinajstić information content (AvgIpc) is 2.58. The summed E-state index contributed by atoms with van der Waals surface area (Å²) in [5.74, 6) is -1.02. The second-order valence-corrected chi connectivity index (χ2v) is 6.26. The number of piperazine rings is 1. The van der Waals surface area contributed by atoms with E-state index in [0.29, 0.717) is 31.7 Å². The van der Waals surface area contributed by atoms with Gasteiger partial charge in [0, 0.05) is 49.9 Å². The van der Waals surface area contributed by atoms with Crippen molar-refractivity contribution >= 4 is 5.82 Å². The molecule has 1 aromatic carbocycles. The highest BCUT2D eigenvalue weighted by Crippen LogP contribution is 2.29. The Kier molecular flexibility index (Phi) is 5.08. The van der Waals surface area contributed by atoms with Crippen LogP contribution in [0.25, 0.3) is 0 Å². The van der Waals surface area contributed by atoms with Crippen molar-refractivity contribution in [2.45, 2.75) is 25.7 Å². The van der Waals surface area contributed by atoms with Gasteiger partial charge in [-0.25, -0.2) is 18.7 Å². The quantitative estimate of drug-likeness (QED) is 0.773. The van der Waals surface area contributed by atoms with E-state index < -0.39 is 23.5 Å². The summed E-state index contributed by atoms with van der Waals surface area (Å²) in [4.78, 5) is 11.0. The highest BCUT2D eigenvalue weighted by atomic mass is 19.4. The van der Waals surface area contributed by atoms with Gasteiger partial charge in [0.2, 0.25) is 0 Å². The molecule has 9 heteroatoms. The number of anilines is 1. The van der Waals surface area contributed by atoms with Gasteiger partial charge in [0.05, 0.1) is 0 Å². The number of hydrogen-bond donors (Lipinski definition) is 0. The molecular weight excluding hydrogens is 355 g/mol. The van der Waals surface area contributed by atoms with E-state index in [9.17, 15) is 22.0 Å². The van der Waals surface area contributed by atoms with Gasteiger partial charge >= 0.3 is 6.18 Å². The zero-order valence-electron chi connectivity index (χ0n) is 14.0. The van der Waals surface area contributed by atoms with Gasteiger partial charge < -0.3 is 4.90 Å². The summed E-state index contributed by atoms with van der Waals surface area (Å²) in [5, 5.41) is 0. The van der Waals surface area contributed by atoms with Crippen LogP contribution in [0.4, 0.5) is 27.8 Å². The molecule has 2 heterocycles. The van der Waals surface area contributed by atoms with Crippen LogP contribution in [0.5, 0.6) is 0 Å². The Morgan fingerprint density at radius 2 is 1.88 bits per heavy atom. The topological polar surface area (TPSA) is 32.3 Å². The molecule has 1 aromatic heterocycles. The van der Waals surface area contributed by atoms with Crippen LogP contribution in [0.1, 0.15) is 18.2 Å². The summed E-state index contributed by atoms with van der Waals surface area (Å²) >= 11 is 0. The van der Waals surface area contributed by atoms with Gasteiger partial charge in [0.25, 0.3) is 0 Å². The summed E-state index contributed by atoms with van der Waals surface area (Å²) in [6.07, 6.45) is -3.62. The van der Waals surface area contributed by atoms with Crippen molar-refractivity contribution in [3.05, 3.63) is 53.5 Å². The van der Waals surface area contributed by atoms with E-state index in [1.807, 2.05) is 11.8 Å². The molecule has 0 radical (unpaired) electrons. The maximum atomic E-state index is 13.8. The Morgan fingerprint density at radius 1 is 1.12 bits per heavy atom. The lowest BCUT2D eigenvalue weighted by atomic mass is 10.1. The molecular formula is C17H17F5N4. The smallest absolute Gasteiger partial charge is 0.354 e. The highest BCUT2D eigenvalue weighted by Gasteiger charge is 2.34. The number of hydrogen-bond acceptors (Lipinski definition) is 4. The highest BCUT2D eigenvalue weighted by molar-refractivity contribution is 5.40. The van der Waals surface area contributed by atoms with Crippen molar-refractivity contribution in [2.24, 2.45) is 0 Å². The Labute approximate surface area is 147 Å². The average molecular weight is 372 g/mol. The molecule has 0 spiro atoms. The van der Waals surface area contributed by atoms with Crippen molar-refractivity contribution < 1.29 is 22.0 Å². The fraction of sp³-hybridized carbons (Fsp3) is 0.412. The Bertz CT molecular complexity index is 780. The van der Waals surface area contributed by atoms with Gasteiger partial charge in [-0.2, -0.15) is 13.2 Å². The SMILES string of the molecule is CC1CN(c2cc(C(F)(F)F)ncn2)CCN1Cc1ccc(F)cc1F. The third-order valence-electron chi connectivity index (χ3n) is 4.42. The minimum atomic E-state index is -4.52. The summed E-state index contributed by atoms with van der Waals surface area (Å²) in [5.41, 5.74) is -0.598. The lowest BCUT2D eigenvalue weighted by molar-refractivity contribution is -0.141. The van der Waals surface area contributed by atoms with E-state index in [4.69, 9.17) is 0 Å². The summed E-state index contributed by atoms with van der Waals surface area (Å²) in [6, 6.07) is 4.35. The van der Waals surface area contributed by atoms with Gasteiger partial charge in [-0.15, -0.1) is 0 Å². The summed E-state index contributed by atoms with van der Waals surface area (Å²) < 4.78 is 65.2. The Hall–Kier alpha value is -2.29. The van der Waals surface area contributed by atoms with Crippen LogP contribution >= 0.6 is 0 Å². The number of aromatic nitrogens is 2. The molecule has 2 aromatic rings. The first-order valence-corrected chi connectivity index (χ1v) is 8.06. The molecule has 140 valence electrons. The zero-order valence-corrected chi connectivity index (χ0v) is 14.0. The third kappa shape index (κ3) is 4.09. The van der Waals surface area contributed by atoms with Gasteiger partial charge in [-0.05, 0) is 13.0 Å². The van der Waals surface area contributed by atoms with Gasteiger partial charge in [0.1, 0.15) is 29.5 Å². The van der Waals surface area contributed by atoms with Crippen LogP contribution in [-0.2, 0) is 12.7 Å². The predicted molar refractivity (Wildman–Crippen MR) is 85.5 cm³/mol. The molecule has 1 unspecified atom stereocenters. The van der Waals surface area contributed by atoms with Crippen molar-refractivity contribution in [2.75, 3.05) is 24.5 Å². The Morgan fingerprint density at radius 3 is 2.54 bits per heavy atom. The normalized spacial score (nSPS) is 19.0. The first-order chi connectivity index (χ1) is 12.2. The summed E-state index contributed by atoms with van der Waals surface area (Å²) in [7, 11) is 0. The van der Waals surface area contributed by atoms with Gasteiger partial charge in [0.15, 0.2) is 0 Å². The number of rotatable bonds is 3. The molecule has 0 amide bonds. The van der Waals surface area contributed by atoms with Crippen LogP contribution in [0.15, 0.2) is 30.6 Å². The van der Waals surface area contributed by atoms with E-state index in [1.165, 1.54) is 12.1 Å². The minimum absolute atomic E-state index is 0.0440. The van der Waals surface area contributed by atoms with Crippen LogP contribution < -0.4 is 4.90 Å². The second-order valence-electron chi connectivity index (χ2n) is 6.26. The van der Waals surface area contributed by atoms with Crippen LogP contribution in [-0.4, -0.2) is 40.5 Å². The van der Waals surface area contributed by atoms with E-state index in [1.54, 1.807) is 4.90 Å². The molecule has 1 atom stereocenters. The van der Waals surface area contributed by atoms with Crippen molar-refractivity contribution in [3.63, 3.8) is 0 Å². The van der Waals surface area contributed by atoms with E-state index >= 15 is 0 Å². The van der Waals surface area contributed by atoms with E-state index in [2.05, 4.69) is 9.97 Å². The third-order valence-corrected chi connectivity index (χ3v) is 4.42. The molecule has 0 N–H and O–H groups in total. The fourth-order valence-electron chi connectivity index (χ4n) is 2.98. The van der Waals surface area contributed by atoms with Crippen LogP contribution in [0, 0.1) is 11.6 Å². The number of benzene rings is 1. The monoisotopic (exact) mass is 372 g/mol. The standard InChI is InChI=1S/C17H17F5N4/c1-11-8-26(16-7-15(17(20,21)22)23-10-24-16)5-4-25(11)9-12-2-3-13(18)6-14(12)19/h2-3,6-7,10-11H,4-5,8-9H2,1H3. The molecule has 0 saturated carbocycles. The Balaban J connectivity index is 1.69. The van der Waals surface area contributed by atoms with E-state index in [-0.39, 0.29) is 11.9 Å². The number of alkyl halides is 3. The molecule has 1 aliphatic heterocycles. The number of halogens is 5. The first-order valence-electron chi connectivity index (χ1n) is 8.06. The molecule has 0 aliphatic carbocycles. The van der Waals surface area contributed by atoms with Crippen molar-refractivity contribution in [1.29, 1.82) is 0 Å². The maximum Gasteiger partial charge on any atom is 0.433 e. The zero-order chi connectivity index (χ0) is 18.9. The van der Waals surface area contributed by atoms with E-state index in [0.717, 1.165) is 18.5 Å². The molecule has 0 bridgehead atoms. The molecule has 1 saturated heterocycles. The molecule has 1 aliphatic rings. The van der Waals surface area contributed by atoms with Gasteiger partial charge in [-0.3, -0.25) is 4.90 Å². The van der Waals surface area contributed by atoms with Crippen molar-refractivity contribution in [3.8, 4) is 0 Å². The maximum absolute atomic E-state index is 13.8. The second kappa shape index (κ2) is 7.14. The molecule has 26 heavy (non-hydrogen) atoms. The minimum Gasteiger partial charge on any atom is -0.354 e. The van der Waals surface area contributed by atoms with Crippen LogP contribution in [0.2, 0.25) is 0 Å². The predicted octanol–water partition coefficient (Wildman–Crippen LogP) is 3.48. The first kappa shape index (κ1) is 18.5. The van der Waals surface area contributed by atoms with Crippen LogP contribution in [0.3, 0.4) is 0 Å². The molecule has 4 nitrogen and oxygen atoms in total. The molecule has 3 rings (SSSR count). The fourth-order valence-corrected chi connectivity index (χ4v) is 2.98. The van der Waals surface area contributed by atoms with Gasteiger partial charge in [-0.1, -0.05) is 6.07 Å². The molecule has 1 fully saturated rings. The lowest BCUT2D eigenvalue weighted by Gasteiger charge is -2.40. The number of nitrogens with zero attached hydrogens (tertiary/aromatic N) is 4. The van der Waals surface area contributed by atoms with Crippen molar-refractivity contribution in [1.82, 2.24) is 14.9 Å². The largest absolute Gasteiger partial charge is 0.433 e. The lowest BCUT2D eigenvalue weighted by Crippen LogP contribution is -2.51. The summed E-state index contributed by atoms with van der Waals surface area (Å²) in [6.45, 7) is 3.61.